The van der Waals surface area contributed by atoms with Gasteiger partial charge < -0.3 is 4.90 Å². The van der Waals surface area contributed by atoms with Crippen LogP contribution in [0.2, 0.25) is 0 Å². The van der Waals surface area contributed by atoms with Crippen molar-refractivity contribution in [2.45, 2.75) is 78.7 Å². The zero-order chi connectivity index (χ0) is 20.5. The van der Waals surface area contributed by atoms with Crippen molar-refractivity contribution in [1.29, 1.82) is 0 Å². The number of unbranched alkanes of at least 4 members (excludes halogenated alkanes) is 5. The van der Waals surface area contributed by atoms with Gasteiger partial charge in [0.2, 0.25) is 0 Å². The molecule has 3 aromatic rings. The normalized spacial score (nSPS) is 14.3. The summed E-state index contributed by atoms with van der Waals surface area (Å²) in [5, 5.41) is 2.03. The van der Waals surface area contributed by atoms with E-state index in [1.165, 1.54) is 38.5 Å². The molecule has 0 saturated carbocycles. The lowest BCUT2D eigenvalue weighted by atomic mass is 10.0. The van der Waals surface area contributed by atoms with Crippen LogP contribution in [-0.4, -0.2) is 16.9 Å². The Hall–Kier alpha value is -2.42. The first-order valence-electron chi connectivity index (χ1n) is 11.2. The summed E-state index contributed by atoms with van der Waals surface area (Å²) >= 11 is 0. The number of benzene rings is 2. The van der Waals surface area contributed by atoms with E-state index in [-0.39, 0.29) is 11.9 Å². The van der Waals surface area contributed by atoms with Gasteiger partial charge >= 0.3 is 0 Å². The summed E-state index contributed by atoms with van der Waals surface area (Å²) in [4.78, 5) is 20.6. The molecule has 2 heterocycles. The third-order valence-corrected chi connectivity index (χ3v) is 6.37. The standard InChI is InChI=1S/C26H32N2O/c1-5-6-7-8-9-10-11-19(4)28-22-15-13-18(3)25-24(22)23(26(28)29)20-16-17(2)12-14-21(20)27-25/h12-16,19H,5-11H2,1-4H3. The van der Waals surface area contributed by atoms with E-state index >= 15 is 0 Å². The molecule has 0 radical (unpaired) electrons. The van der Waals surface area contributed by atoms with Crippen molar-refractivity contribution in [3.8, 4) is 0 Å². The molecule has 3 heteroatoms. The van der Waals surface area contributed by atoms with Gasteiger partial charge in [0, 0.05) is 16.8 Å². The fourth-order valence-electron chi connectivity index (χ4n) is 4.72. The highest BCUT2D eigenvalue weighted by atomic mass is 16.2. The first kappa shape index (κ1) is 19.9. The van der Waals surface area contributed by atoms with Gasteiger partial charge in [0.05, 0.1) is 22.3 Å². The number of hydrogen-bond donors (Lipinski definition) is 0. The van der Waals surface area contributed by atoms with Crippen LogP contribution in [0.1, 0.15) is 80.3 Å². The SMILES string of the molecule is CCCCCCCCC(C)N1C(=O)c2c3cc(C)ccc3nc3c(C)ccc1c23. The van der Waals surface area contributed by atoms with E-state index in [1.807, 2.05) is 11.0 Å². The minimum absolute atomic E-state index is 0.145. The fourth-order valence-corrected chi connectivity index (χ4v) is 4.72. The number of hydrogen-bond acceptors (Lipinski definition) is 2. The lowest BCUT2D eigenvalue weighted by Gasteiger charge is -2.25. The molecule has 1 amide bonds. The Morgan fingerprint density at radius 1 is 1.00 bits per heavy atom. The molecule has 0 fully saturated rings. The van der Waals surface area contributed by atoms with Gasteiger partial charge in [-0.1, -0.05) is 63.1 Å². The molecule has 0 N–H and O–H groups in total. The number of carbonyl (C=O) groups excluding carboxylic acids is 1. The molecule has 1 aliphatic rings. The number of carbonyl (C=O) groups is 1. The van der Waals surface area contributed by atoms with Crippen LogP contribution < -0.4 is 4.90 Å². The van der Waals surface area contributed by atoms with E-state index in [0.29, 0.717) is 0 Å². The summed E-state index contributed by atoms with van der Waals surface area (Å²) in [6.45, 7) is 8.61. The Balaban J connectivity index is 1.68. The monoisotopic (exact) mass is 388 g/mol. The number of nitrogens with zero attached hydrogens (tertiary/aromatic N) is 2. The van der Waals surface area contributed by atoms with Crippen LogP contribution >= 0.6 is 0 Å². The molecule has 0 bridgehead atoms. The Morgan fingerprint density at radius 2 is 1.76 bits per heavy atom. The van der Waals surface area contributed by atoms with Crippen LogP contribution in [-0.2, 0) is 0 Å². The third kappa shape index (κ3) is 3.52. The third-order valence-electron chi connectivity index (χ3n) is 6.37. The molecule has 29 heavy (non-hydrogen) atoms. The number of rotatable bonds is 8. The molecule has 0 saturated heterocycles. The van der Waals surface area contributed by atoms with E-state index in [4.69, 9.17) is 4.98 Å². The zero-order valence-corrected chi connectivity index (χ0v) is 18.2. The highest BCUT2D eigenvalue weighted by Crippen LogP contribution is 2.42. The average molecular weight is 389 g/mol. The molecular formula is C26H32N2O. The highest BCUT2D eigenvalue weighted by Gasteiger charge is 2.35. The lowest BCUT2D eigenvalue weighted by molar-refractivity contribution is 0.0985. The van der Waals surface area contributed by atoms with Crippen molar-refractivity contribution in [2.24, 2.45) is 0 Å². The van der Waals surface area contributed by atoms with Crippen molar-refractivity contribution in [3.63, 3.8) is 0 Å². The number of anilines is 1. The minimum Gasteiger partial charge on any atom is -0.305 e. The molecule has 2 aromatic carbocycles. The number of pyridine rings is 1. The first-order valence-corrected chi connectivity index (χ1v) is 11.2. The minimum atomic E-state index is 0.145. The van der Waals surface area contributed by atoms with Gasteiger partial charge in [-0.15, -0.1) is 0 Å². The van der Waals surface area contributed by atoms with Crippen molar-refractivity contribution in [2.75, 3.05) is 4.90 Å². The van der Waals surface area contributed by atoms with E-state index in [1.54, 1.807) is 0 Å². The second-order valence-corrected chi connectivity index (χ2v) is 8.71. The molecule has 1 atom stereocenters. The molecule has 152 valence electrons. The van der Waals surface area contributed by atoms with Crippen molar-refractivity contribution >= 4 is 33.4 Å². The highest BCUT2D eigenvalue weighted by molar-refractivity contribution is 6.30. The lowest BCUT2D eigenvalue weighted by Crippen LogP contribution is -2.35. The predicted octanol–water partition coefficient (Wildman–Crippen LogP) is 7.10. The van der Waals surface area contributed by atoms with Crippen LogP contribution in [0, 0.1) is 13.8 Å². The average Bonchev–Trinajstić information content (AvgIpc) is 3.01. The predicted molar refractivity (Wildman–Crippen MR) is 123 cm³/mol. The van der Waals surface area contributed by atoms with E-state index in [9.17, 15) is 4.79 Å². The van der Waals surface area contributed by atoms with Crippen molar-refractivity contribution in [3.05, 3.63) is 47.0 Å². The van der Waals surface area contributed by atoms with Crippen LogP contribution in [0.25, 0.3) is 21.8 Å². The molecule has 1 unspecified atom stereocenters. The Labute approximate surface area is 174 Å². The van der Waals surface area contributed by atoms with Crippen LogP contribution in [0.4, 0.5) is 5.69 Å². The molecular weight excluding hydrogens is 356 g/mol. The summed E-state index contributed by atoms with van der Waals surface area (Å²) in [7, 11) is 0. The molecule has 4 rings (SSSR count). The maximum Gasteiger partial charge on any atom is 0.259 e. The van der Waals surface area contributed by atoms with Gasteiger partial charge in [0.1, 0.15) is 0 Å². The Morgan fingerprint density at radius 3 is 2.55 bits per heavy atom. The van der Waals surface area contributed by atoms with Gasteiger partial charge in [0.25, 0.3) is 5.91 Å². The molecule has 0 spiro atoms. The Kier molecular flexibility index (Phi) is 5.58. The quantitative estimate of drug-likeness (QED) is 0.304. The fraction of sp³-hybridized carbons (Fsp3) is 0.462. The maximum atomic E-state index is 13.6. The van der Waals surface area contributed by atoms with Crippen LogP contribution in [0.5, 0.6) is 0 Å². The summed E-state index contributed by atoms with van der Waals surface area (Å²) in [6, 6.07) is 10.7. The summed E-state index contributed by atoms with van der Waals surface area (Å²) < 4.78 is 0. The largest absolute Gasteiger partial charge is 0.305 e. The van der Waals surface area contributed by atoms with Gasteiger partial charge in [0.15, 0.2) is 0 Å². The Bertz CT molecular complexity index is 1070. The van der Waals surface area contributed by atoms with Crippen molar-refractivity contribution < 1.29 is 4.79 Å². The van der Waals surface area contributed by atoms with Gasteiger partial charge in [-0.05, 0) is 51.0 Å². The summed E-state index contributed by atoms with van der Waals surface area (Å²) in [6.07, 6.45) is 8.72. The number of fused-ring (bicyclic) bond motifs is 2. The van der Waals surface area contributed by atoms with Gasteiger partial charge in [-0.3, -0.25) is 4.79 Å². The first-order chi connectivity index (χ1) is 14.0. The van der Waals surface area contributed by atoms with Crippen LogP contribution in [0.3, 0.4) is 0 Å². The molecule has 0 aliphatic carbocycles. The topological polar surface area (TPSA) is 33.2 Å². The molecule has 1 aliphatic heterocycles. The second-order valence-electron chi connectivity index (χ2n) is 8.71. The van der Waals surface area contributed by atoms with E-state index in [0.717, 1.165) is 50.6 Å². The maximum absolute atomic E-state index is 13.6. The van der Waals surface area contributed by atoms with E-state index in [2.05, 4.69) is 52.0 Å². The number of aryl methyl sites for hydroxylation is 2. The second kappa shape index (κ2) is 8.14. The number of aromatic nitrogens is 1. The summed E-state index contributed by atoms with van der Waals surface area (Å²) in [5.41, 5.74) is 6.07. The van der Waals surface area contributed by atoms with E-state index < -0.39 is 0 Å². The zero-order valence-electron chi connectivity index (χ0n) is 18.2. The van der Waals surface area contributed by atoms with Gasteiger partial charge in [-0.2, -0.15) is 0 Å². The molecule has 1 aromatic heterocycles. The molecule has 3 nitrogen and oxygen atoms in total. The van der Waals surface area contributed by atoms with Gasteiger partial charge in [-0.25, -0.2) is 4.98 Å². The van der Waals surface area contributed by atoms with Crippen LogP contribution in [0.15, 0.2) is 30.3 Å². The van der Waals surface area contributed by atoms with Crippen molar-refractivity contribution in [1.82, 2.24) is 4.98 Å². The summed E-state index contributed by atoms with van der Waals surface area (Å²) in [5.74, 6) is 0.145. The smallest absolute Gasteiger partial charge is 0.259 e. The number of amides is 1.